The standard InChI is InChI=1S/C32H38N6O3/c39-30-11-10-29(31(40)36-30)41-28-8-2-24(3-9-28)25-14-18-37(19-15-25)22-23-12-20-38(21-13-23)27-6-4-26(5-7-27)35-32-33-16-1-17-34-32/h1-9,16-17,23,25,29H,10-15,18-22H2,(H,33,34,35)(H,36,39,40). The number of anilines is 3. The molecule has 1 atom stereocenters. The first-order chi connectivity index (χ1) is 20.1. The number of nitrogens with zero attached hydrogens (tertiary/aromatic N) is 4. The van der Waals surface area contributed by atoms with Gasteiger partial charge in [-0.1, -0.05) is 12.1 Å². The Morgan fingerprint density at radius 2 is 1.56 bits per heavy atom. The Balaban J connectivity index is 0.916. The molecule has 0 spiro atoms. The summed E-state index contributed by atoms with van der Waals surface area (Å²) >= 11 is 0. The van der Waals surface area contributed by atoms with Crippen molar-refractivity contribution in [2.45, 2.75) is 50.5 Å². The first kappa shape index (κ1) is 27.2. The summed E-state index contributed by atoms with van der Waals surface area (Å²) in [6.45, 7) is 5.67. The van der Waals surface area contributed by atoms with Gasteiger partial charge in [0.2, 0.25) is 11.9 Å². The molecule has 3 aliphatic rings. The van der Waals surface area contributed by atoms with Crippen molar-refractivity contribution in [1.29, 1.82) is 0 Å². The number of piperidine rings is 3. The van der Waals surface area contributed by atoms with E-state index in [1.165, 1.54) is 43.5 Å². The second kappa shape index (κ2) is 12.7. The molecule has 9 heteroatoms. The van der Waals surface area contributed by atoms with E-state index in [0.29, 0.717) is 30.5 Å². The van der Waals surface area contributed by atoms with Crippen LogP contribution in [0.2, 0.25) is 0 Å². The molecule has 6 rings (SSSR count). The third kappa shape index (κ3) is 7.03. The molecule has 9 nitrogen and oxygen atoms in total. The van der Waals surface area contributed by atoms with Crippen molar-refractivity contribution in [3.05, 3.63) is 72.6 Å². The maximum absolute atomic E-state index is 12.0. The monoisotopic (exact) mass is 554 g/mol. The molecule has 3 aliphatic heterocycles. The minimum absolute atomic E-state index is 0.225. The maximum Gasteiger partial charge on any atom is 0.267 e. The van der Waals surface area contributed by atoms with Gasteiger partial charge in [0.1, 0.15) is 5.75 Å². The number of amides is 2. The lowest BCUT2D eigenvalue weighted by Crippen LogP contribution is -2.46. The van der Waals surface area contributed by atoms with E-state index in [1.807, 2.05) is 18.2 Å². The van der Waals surface area contributed by atoms with Gasteiger partial charge in [-0.15, -0.1) is 0 Å². The van der Waals surface area contributed by atoms with Gasteiger partial charge in [0, 0.05) is 56.2 Å². The van der Waals surface area contributed by atoms with Gasteiger partial charge in [-0.05, 0) is 98.6 Å². The highest BCUT2D eigenvalue weighted by molar-refractivity contribution is 5.99. The molecule has 3 fully saturated rings. The van der Waals surface area contributed by atoms with Crippen molar-refractivity contribution < 1.29 is 14.3 Å². The largest absolute Gasteiger partial charge is 0.481 e. The number of hydrogen-bond donors (Lipinski definition) is 2. The quantitative estimate of drug-likeness (QED) is 0.393. The summed E-state index contributed by atoms with van der Waals surface area (Å²) in [4.78, 5) is 36.9. The van der Waals surface area contributed by atoms with Crippen LogP contribution in [0.15, 0.2) is 67.0 Å². The molecular weight excluding hydrogens is 516 g/mol. The lowest BCUT2D eigenvalue weighted by Gasteiger charge is -2.38. The lowest BCUT2D eigenvalue weighted by atomic mass is 9.88. The Hall–Kier alpha value is -3.98. The fourth-order valence-corrected chi connectivity index (χ4v) is 6.21. The van der Waals surface area contributed by atoms with E-state index in [1.54, 1.807) is 12.4 Å². The molecule has 214 valence electrons. The van der Waals surface area contributed by atoms with Crippen molar-refractivity contribution in [2.24, 2.45) is 5.92 Å². The molecule has 2 amide bonds. The van der Waals surface area contributed by atoms with Crippen LogP contribution in [-0.4, -0.2) is 65.5 Å². The number of ether oxygens (including phenoxy) is 1. The average molecular weight is 555 g/mol. The van der Waals surface area contributed by atoms with Crippen molar-refractivity contribution in [3.63, 3.8) is 0 Å². The summed E-state index contributed by atoms with van der Waals surface area (Å²) in [6, 6.07) is 18.6. The summed E-state index contributed by atoms with van der Waals surface area (Å²) < 4.78 is 5.84. The molecule has 3 saturated heterocycles. The lowest BCUT2D eigenvalue weighted by molar-refractivity contribution is -0.138. The number of aromatic nitrogens is 2. The number of benzene rings is 2. The number of carbonyl (C=O) groups is 2. The number of carbonyl (C=O) groups excluding carboxylic acids is 2. The Morgan fingerprint density at radius 1 is 0.854 bits per heavy atom. The van der Waals surface area contributed by atoms with Crippen molar-refractivity contribution >= 4 is 29.1 Å². The first-order valence-corrected chi connectivity index (χ1v) is 14.8. The van der Waals surface area contributed by atoms with Crippen molar-refractivity contribution in [2.75, 3.05) is 42.9 Å². The van der Waals surface area contributed by atoms with Gasteiger partial charge >= 0.3 is 0 Å². The number of imide groups is 1. The molecule has 4 heterocycles. The summed E-state index contributed by atoms with van der Waals surface area (Å²) in [5.74, 6) is 2.04. The van der Waals surface area contributed by atoms with Gasteiger partial charge in [-0.3, -0.25) is 14.9 Å². The summed E-state index contributed by atoms with van der Waals surface area (Å²) in [5, 5.41) is 5.59. The topological polar surface area (TPSA) is 99.7 Å². The van der Waals surface area contributed by atoms with Gasteiger partial charge in [0.25, 0.3) is 5.91 Å². The van der Waals surface area contributed by atoms with E-state index >= 15 is 0 Å². The molecule has 0 radical (unpaired) electrons. The number of nitrogens with one attached hydrogen (secondary N) is 2. The molecule has 41 heavy (non-hydrogen) atoms. The summed E-state index contributed by atoms with van der Waals surface area (Å²) in [5.41, 5.74) is 3.61. The predicted octanol–water partition coefficient (Wildman–Crippen LogP) is 4.50. The van der Waals surface area contributed by atoms with Crippen LogP contribution in [0.5, 0.6) is 5.75 Å². The van der Waals surface area contributed by atoms with Crippen LogP contribution in [0.3, 0.4) is 0 Å². The first-order valence-electron chi connectivity index (χ1n) is 14.8. The Labute approximate surface area is 241 Å². The minimum Gasteiger partial charge on any atom is -0.481 e. The molecule has 0 aliphatic carbocycles. The highest BCUT2D eigenvalue weighted by Gasteiger charge is 2.29. The predicted molar refractivity (Wildman–Crippen MR) is 158 cm³/mol. The third-order valence-corrected chi connectivity index (χ3v) is 8.59. The smallest absolute Gasteiger partial charge is 0.267 e. The zero-order valence-corrected chi connectivity index (χ0v) is 23.4. The van der Waals surface area contributed by atoms with Crippen LogP contribution in [-0.2, 0) is 9.59 Å². The fourth-order valence-electron chi connectivity index (χ4n) is 6.21. The highest BCUT2D eigenvalue weighted by atomic mass is 16.5. The van der Waals surface area contributed by atoms with Gasteiger partial charge < -0.3 is 19.9 Å². The molecule has 0 saturated carbocycles. The van der Waals surface area contributed by atoms with Crippen LogP contribution in [0.25, 0.3) is 0 Å². The highest BCUT2D eigenvalue weighted by Crippen LogP contribution is 2.31. The molecule has 1 aromatic heterocycles. The van der Waals surface area contributed by atoms with E-state index in [4.69, 9.17) is 4.74 Å². The van der Waals surface area contributed by atoms with Gasteiger partial charge in [0.05, 0.1) is 0 Å². The van der Waals surface area contributed by atoms with Gasteiger partial charge in [-0.25, -0.2) is 9.97 Å². The molecule has 3 aromatic rings. The summed E-state index contributed by atoms with van der Waals surface area (Å²) in [7, 11) is 0. The zero-order chi connectivity index (χ0) is 28.0. The number of hydrogen-bond acceptors (Lipinski definition) is 8. The molecule has 2 aromatic carbocycles. The second-order valence-corrected chi connectivity index (χ2v) is 11.4. The van der Waals surface area contributed by atoms with E-state index < -0.39 is 6.10 Å². The minimum atomic E-state index is -0.591. The molecular formula is C32H38N6O3. The second-order valence-electron chi connectivity index (χ2n) is 11.4. The van der Waals surface area contributed by atoms with E-state index in [9.17, 15) is 9.59 Å². The van der Waals surface area contributed by atoms with Crippen LogP contribution in [0.4, 0.5) is 17.3 Å². The van der Waals surface area contributed by atoms with E-state index in [2.05, 4.69) is 66.8 Å². The molecule has 2 N–H and O–H groups in total. The maximum atomic E-state index is 12.0. The van der Waals surface area contributed by atoms with Crippen molar-refractivity contribution in [3.8, 4) is 5.75 Å². The number of rotatable bonds is 8. The van der Waals surface area contributed by atoms with Crippen LogP contribution in [0, 0.1) is 5.92 Å². The summed E-state index contributed by atoms with van der Waals surface area (Å²) in [6.07, 6.45) is 8.43. The van der Waals surface area contributed by atoms with Crippen LogP contribution < -0.4 is 20.3 Å². The van der Waals surface area contributed by atoms with E-state index in [-0.39, 0.29) is 11.8 Å². The SMILES string of the molecule is O=C1CCC(Oc2ccc(C3CCN(CC4CCN(c5ccc(Nc6ncccn6)cc5)CC4)CC3)cc2)C(=O)N1. The van der Waals surface area contributed by atoms with Gasteiger partial charge in [0.15, 0.2) is 6.10 Å². The van der Waals surface area contributed by atoms with Gasteiger partial charge in [-0.2, -0.15) is 0 Å². The van der Waals surface area contributed by atoms with Crippen molar-refractivity contribution in [1.82, 2.24) is 20.2 Å². The normalized spacial score (nSPS) is 21.0. The van der Waals surface area contributed by atoms with E-state index in [0.717, 1.165) is 37.8 Å². The Bertz CT molecular complexity index is 1300. The Kier molecular flexibility index (Phi) is 8.41. The third-order valence-electron chi connectivity index (χ3n) is 8.59. The van der Waals surface area contributed by atoms with Crippen LogP contribution >= 0.6 is 0 Å². The Morgan fingerprint density at radius 3 is 2.24 bits per heavy atom. The van der Waals surface area contributed by atoms with Crippen LogP contribution in [0.1, 0.15) is 50.0 Å². The average Bonchev–Trinajstić information content (AvgIpc) is 3.01. The fraction of sp³-hybridized carbons (Fsp3) is 0.438. The molecule has 1 unspecified atom stereocenters. The molecule has 0 bridgehead atoms. The number of likely N-dealkylation sites (tertiary alicyclic amines) is 1. The zero-order valence-electron chi connectivity index (χ0n) is 23.4.